The molecule has 0 aliphatic rings. The number of aryl methyl sites for hydroxylation is 1. The molecule has 0 atom stereocenters. The van der Waals surface area contributed by atoms with Gasteiger partial charge in [-0.2, -0.15) is 0 Å². The molecular formula is C18H23IN6O2. The average molecular weight is 482 g/mol. The second kappa shape index (κ2) is 9.95. The van der Waals surface area contributed by atoms with E-state index in [0.29, 0.717) is 29.7 Å². The van der Waals surface area contributed by atoms with E-state index in [1.165, 1.54) is 0 Å². The number of hydrogen-bond donors (Lipinski definition) is 2. The molecule has 0 saturated carbocycles. The van der Waals surface area contributed by atoms with Gasteiger partial charge in [0, 0.05) is 25.2 Å². The number of aliphatic imine (C=N–C) groups is 1. The molecule has 27 heavy (non-hydrogen) atoms. The second-order valence-corrected chi connectivity index (χ2v) is 5.61. The number of nitrogens with two attached hydrogens (primary N) is 1. The molecule has 0 aliphatic carbocycles. The number of anilines is 1. The number of guanidine groups is 1. The monoisotopic (exact) mass is 482 g/mol. The van der Waals surface area contributed by atoms with Gasteiger partial charge in [0.1, 0.15) is 17.3 Å². The van der Waals surface area contributed by atoms with Crippen molar-refractivity contribution in [3.05, 3.63) is 48.4 Å². The lowest BCUT2D eigenvalue weighted by molar-refractivity contribution is 0.405. The van der Waals surface area contributed by atoms with Crippen molar-refractivity contribution in [2.75, 3.05) is 26.1 Å². The zero-order chi connectivity index (χ0) is 18.4. The Bertz CT molecular complexity index is 912. The zero-order valence-electron chi connectivity index (χ0n) is 15.3. The number of benzene rings is 1. The lowest BCUT2D eigenvalue weighted by Crippen LogP contribution is -2.23. The average Bonchev–Trinajstić information content (AvgIpc) is 3.08. The van der Waals surface area contributed by atoms with E-state index in [1.54, 1.807) is 14.2 Å². The first kappa shape index (κ1) is 20.7. The van der Waals surface area contributed by atoms with Gasteiger partial charge in [0.25, 0.3) is 0 Å². The van der Waals surface area contributed by atoms with Gasteiger partial charge in [-0.15, -0.1) is 34.2 Å². The highest BCUT2D eigenvalue weighted by molar-refractivity contribution is 14.0. The molecule has 0 amide bonds. The Morgan fingerprint density at radius 3 is 2.81 bits per heavy atom. The fourth-order valence-corrected chi connectivity index (χ4v) is 2.59. The summed E-state index contributed by atoms with van der Waals surface area (Å²) < 4.78 is 12.5. The van der Waals surface area contributed by atoms with Gasteiger partial charge in [0.15, 0.2) is 11.6 Å². The van der Waals surface area contributed by atoms with Gasteiger partial charge >= 0.3 is 0 Å². The number of ether oxygens (including phenoxy) is 2. The minimum Gasteiger partial charge on any atom is -0.497 e. The number of fused-ring (bicyclic) bond motifs is 1. The van der Waals surface area contributed by atoms with Gasteiger partial charge in [0.2, 0.25) is 0 Å². The molecule has 2 aromatic heterocycles. The van der Waals surface area contributed by atoms with E-state index in [4.69, 9.17) is 15.2 Å². The Labute approximate surface area is 174 Å². The molecule has 144 valence electrons. The van der Waals surface area contributed by atoms with E-state index in [2.05, 4.69) is 20.5 Å². The van der Waals surface area contributed by atoms with Crippen LogP contribution in [0.2, 0.25) is 0 Å². The van der Waals surface area contributed by atoms with Crippen molar-refractivity contribution in [2.45, 2.75) is 12.8 Å². The molecule has 1 aromatic carbocycles. The zero-order valence-corrected chi connectivity index (χ0v) is 17.6. The predicted molar refractivity (Wildman–Crippen MR) is 116 cm³/mol. The van der Waals surface area contributed by atoms with Crippen LogP contribution in [0.15, 0.2) is 47.6 Å². The van der Waals surface area contributed by atoms with E-state index in [9.17, 15) is 0 Å². The third-order valence-electron chi connectivity index (χ3n) is 3.89. The van der Waals surface area contributed by atoms with Crippen LogP contribution in [0, 0.1) is 0 Å². The maximum absolute atomic E-state index is 5.98. The van der Waals surface area contributed by atoms with Gasteiger partial charge in [-0.05, 0) is 30.7 Å². The number of methoxy groups -OCH3 is 2. The maximum atomic E-state index is 5.98. The van der Waals surface area contributed by atoms with Gasteiger partial charge in [0.05, 0.1) is 19.9 Å². The number of nitrogens with zero attached hydrogens (tertiary/aromatic N) is 4. The van der Waals surface area contributed by atoms with E-state index >= 15 is 0 Å². The summed E-state index contributed by atoms with van der Waals surface area (Å²) in [6.45, 7) is 0.576. The number of nitrogens with one attached hydrogen (secondary N) is 1. The molecule has 0 saturated heterocycles. The summed E-state index contributed by atoms with van der Waals surface area (Å²) in [5.74, 6) is 2.61. The van der Waals surface area contributed by atoms with Crippen LogP contribution in [-0.4, -0.2) is 41.3 Å². The van der Waals surface area contributed by atoms with E-state index in [-0.39, 0.29) is 24.0 Å². The molecule has 8 nitrogen and oxygen atoms in total. The van der Waals surface area contributed by atoms with Crippen LogP contribution < -0.4 is 20.5 Å². The number of aromatic nitrogens is 3. The highest BCUT2D eigenvalue weighted by atomic mass is 127. The molecule has 0 unspecified atom stereocenters. The standard InChI is InChI=1S/C18H22N6O2.HI/c1-25-13-8-9-15(26-2)14(12-13)21-18(19)20-10-5-7-17-23-22-16-6-3-4-11-24(16)17;/h3-4,6,8-9,11-12H,5,7,10H2,1-2H3,(H3,19,20,21);1H. The summed E-state index contributed by atoms with van der Waals surface area (Å²) in [5, 5.41) is 11.4. The Morgan fingerprint density at radius 1 is 1.19 bits per heavy atom. The first-order valence-corrected chi connectivity index (χ1v) is 8.29. The molecule has 0 spiro atoms. The highest BCUT2D eigenvalue weighted by Crippen LogP contribution is 2.28. The smallest absolute Gasteiger partial charge is 0.193 e. The quantitative estimate of drug-likeness (QED) is 0.233. The van der Waals surface area contributed by atoms with Gasteiger partial charge in [-0.3, -0.25) is 9.39 Å². The minimum atomic E-state index is 0. The number of halogens is 1. The number of rotatable bonds is 7. The molecule has 0 fully saturated rings. The van der Waals surface area contributed by atoms with Crippen LogP contribution in [0.4, 0.5) is 5.69 Å². The lowest BCUT2D eigenvalue weighted by atomic mass is 10.2. The molecule has 0 radical (unpaired) electrons. The topological polar surface area (TPSA) is 99.1 Å². The van der Waals surface area contributed by atoms with Gasteiger partial charge < -0.3 is 20.5 Å². The Hall–Kier alpha value is -2.56. The molecule has 3 rings (SSSR count). The fourth-order valence-electron chi connectivity index (χ4n) is 2.59. The molecule has 3 aromatic rings. The van der Waals surface area contributed by atoms with Crippen molar-refractivity contribution in [1.82, 2.24) is 14.6 Å². The maximum Gasteiger partial charge on any atom is 0.193 e. The van der Waals surface area contributed by atoms with Crippen LogP contribution in [0.3, 0.4) is 0 Å². The van der Waals surface area contributed by atoms with Crippen LogP contribution in [0.1, 0.15) is 12.2 Å². The predicted octanol–water partition coefficient (Wildman–Crippen LogP) is 2.72. The molecule has 9 heteroatoms. The summed E-state index contributed by atoms with van der Waals surface area (Å²) >= 11 is 0. The van der Waals surface area contributed by atoms with Crippen LogP contribution in [0.25, 0.3) is 5.65 Å². The lowest BCUT2D eigenvalue weighted by Gasteiger charge is -2.12. The van der Waals surface area contributed by atoms with Crippen molar-refractivity contribution >= 4 is 41.3 Å². The summed E-state index contributed by atoms with van der Waals surface area (Å²) in [6.07, 6.45) is 3.54. The largest absolute Gasteiger partial charge is 0.497 e. The highest BCUT2D eigenvalue weighted by Gasteiger charge is 2.07. The molecule has 3 N–H and O–H groups in total. The molecule has 0 bridgehead atoms. The molecule has 2 heterocycles. The van der Waals surface area contributed by atoms with Crippen LogP contribution in [0.5, 0.6) is 11.5 Å². The summed E-state index contributed by atoms with van der Waals surface area (Å²) in [7, 11) is 3.21. The van der Waals surface area contributed by atoms with E-state index in [0.717, 1.165) is 24.3 Å². The van der Waals surface area contributed by atoms with Crippen molar-refractivity contribution in [2.24, 2.45) is 10.7 Å². The first-order valence-electron chi connectivity index (χ1n) is 8.29. The van der Waals surface area contributed by atoms with Gasteiger partial charge in [-0.25, -0.2) is 0 Å². The Kier molecular flexibility index (Phi) is 7.65. The van der Waals surface area contributed by atoms with Gasteiger partial charge in [-0.1, -0.05) is 6.07 Å². The first-order chi connectivity index (χ1) is 12.7. The second-order valence-electron chi connectivity index (χ2n) is 5.61. The normalized spacial score (nSPS) is 11.1. The van der Waals surface area contributed by atoms with E-state index in [1.807, 2.05) is 47.0 Å². The molecular weight excluding hydrogens is 459 g/mol. The van der Waals surface area contributed by atoms with Crippen molar-refractivity contribution in [3.8, 4) is 11.5 Å². The third-order valence-corrected chi connectivity index (χ3v) is 3.89. The SMILES string of the molecule is COc1ccc(OC)c(NC(N)=NCCCc2nnc3ccccn23)c1.I. The summed E-state index contributed by atoms with van der Waals surface area (Å²) in [6, 6.07) is 11.3. The third kappa shape index (κ3) is 5.22. The molecule has 0 aliphatic heterocycles. The van der Waals surface area contributed by atoms with Crippen LogP contribution in [-0.2, 0) is 6.42 Å². The van der Waals surface area contributed by atoms with E-state index < -0.39 is 0 Å². The number of hydrogen-bond acceptors (Lipinski definition) is 5. The summed E-state index contributed by atoms with van der Waals surface area (Å²) in [5.41, 5.74) is 7.53. The van der Waals surface area contributed by atoms with Crippen molar-refractivity contribution in [3.63, 3.8) is 0 Å². The summed E-state index contributed by atoms with van der Waals surface area (Å²) in [4.78, 5) is 4.36. The Morgan fingerprint density at radius 2 is 2.04 bits per heavy atom. The fraction of sp³-hybridized carbons (Fsp3) is 0.278. The minimum absolute atomic E-state index is 0. The Balaban J connectivity index is 0.00000261. The number of pyridine rings is 1. The van der Waals surface area contributed by atoms with Crippen molar-refractivity contribution < 1.29 is 9.47 Å². The van der Waals surface area contributed by atoms with Crippen molar-refractivity contribution in [1.29, 1.82) is 0 Å². The van der Waals surface area contributed by atoms with Crippen LogP contribution >= 0.6 is 24.0 Å².